The van der Waals surface area contributed by atoms with Crippen LogP contribution < -0.4 is 0 Å². The zero-order chi connectivity index (χ0) is 19.5. The van der Waals surface area contributed by atoms with E-state index in [0.717, 1.165) is 0 Å². The quantitative estimate of drug-likeness (QED) is 0.210. The fraction of sp³-hybridized carbons (Fsp3) is 0. The monoisotopic (exact) mass is 370 g/mol. The first-order chi connectivity index (χ1) is 13.6. The first-order valence-electron chi connectivity index (χ1n) is 8.54. The number of aromatic nitrogens is 1. The Morgan fingerprint density at radius 2 is 1.61 bits per heavy atom. The van der Waals surface area contributed by atoms with E-state index in [1.165, 1.54) is 12.1 Å². The minimum atomic E-state index is -0.468. The van der Waals surface area contributed by atoms with Gasteiger partial charge in [0.05, 0.1) is 10.5 Å². The van der Waals surface area contributed by atoms with Gasteiger partial charge in [0.1, 0.15) is 5.52 Å². The maximum atomic E-state index is 13.1. The Hall–Kier alpha value is -4.06. The third kappa shape index (κ3) is 3.43. The van der Waals surface area contributed by atoms with Crippen LogP contribution in [0.3, 0.4) is 0 Å². The van der Waals surface area contributed by atoms with Crippen LogP contribution in [0.4, 0.5) is 5.69 Å². The Balaban J connectivity index is 1.83. The zero-order valence-electron chi connectivity index (χ0n) is 14.6. The highest BCUT2D eigenvalue weighted by molar-refractivity contribution is 6.31. The van der Waals surface area contributed by atoms with Crippen molar-refractivity contribution in [1.82, 2.24) is 4.98 Å². The number of nitro benzene ring substituents is 1. The van der Waals surface area contributed by atoms with Gasteiger partial charge in [-0.05, 0) is 35.9 Å². The number of nitro groups is 1. The van der Waals surface area contributed by atoms with Crippen LogP contribution in [0.15, 0.2) is 83.3 Å². The number of Topliss-reactive ketones (excluding diaryl/α,β-unsaturated/α-hetero) is 1. The van der Waals surface area contributed by atoms with Crippen LogP contribution >= 0.6 is 0 Å². The van der Waals surface area contributed by atoms with E-state index in [0.29, 0.717) is 22.2 Å². The van der Waals surface area contributed by atoms with Gasteiger partial charge in [-0.3, -0.25) is 14.9 Å². The number of nitrogens with zero attached hydrogens (tertiary/aromatic N) is 2. The van der Waals surface area contributed by atoms with Gasteiger partial charge in [-0.2, -0.15) is 0 Å². The van der Waals surface area contributed by atoms with Crippen molar-refractivity contribution in [3.05, 3.63) is 106 Å². The van der Waals surface area contributed by atoms with Crippen molar-refractivity contribution in [2.24, 2.45) is 0 Å². The molecule has 1 heterocycles. The molecule has 0 saturated carbocycles. The summed E-state index contributed by atoms with van der Waals surface area (Å²) in [7, 11) is 0. The summed E-state index contributed by atoms with van der Waals surface area (Å²) in [4.78, 5) is 28.0. The Labute approximate surface area is 159 Å². The molecule has 0 N–H and O–H groups in total. The molecule has 0 spiro atoms. The first-order valence-corrected chi connectivity index (χ1v) is 8.54. The van der Waals surface area contributed by atoms with Crippen molar-refractivity contribution in [3.8, 4) is 0 Å². The SMILES string of the molecule is O=C(/C(=C/c1ccc([N+](=O)[O-])cc1)c1nc2ccccc2o1)c1ccccc1. The molecule has 0 amide bonds. The highest BCUT2D eigenvalue weighted by Gasteiger charge is 2.20. The predicted molar refractivity (Wildman–Crippen MR) is 106 cm³/mol. The van der Waals surface area contributed by atoms with E-state index in [2.05, 4.69) is 4.98 Å². The van der Waals surface area contributed by atoms with Gasteiger partial charge in [-0.25, -0.2) is 4.98 Å². The molecular formula is C22H14N2O4. The Bertz CT molecular complexity index is 1160. The molecule has 0 aliphatic rings. The fourth-order valence-corrected chi connectivity index (χ4v) is 2.82. The topological polar surface area (TPSA) is 86.2 Å². The molecule has 0 saturated heterocycles. The number of carbonyl (C=O) groups excluding carboxylic acids is 1. The lowest BCUT2D eigenvalue weighted by Crippen LogP contribution is -2.03. The van der Waals surface area contributed by atoms with E-state index in [1.54, 1.807) is 54.6 Å². The Kier molecular flexibility index (Phi) is 4.51. The van der Waals surface area contributed by atoms with Gasteiger partial charge in [-0.1, -0.05) is 42.5 Å². The summed E-state index contributed by atoms with van der Waals surface area (Å²) in [6.07, 6.45) is 1.63. The highest BCUT2D eigenvalue weighted by atomic mass is 16.6. The van der Waals surface area contributed by atoms with E-state index >= 15 is 0 Å². The van der Waals surface area contributed by atoms with Crippen LogP contribution in [-0.4, -0.2) is 15.7 Å². The van der Waals surface area contributed by atoms with Crippen molar-refractivity contribution in [1.29, 1.82) is 0 Å². The number of hydrogen-bond acceptors (Lipinski definition) is 5. The maximum Gasteiger partial charge on any atom is 0.269 e. The highest BCUT2D eigenvalue weighted by Crippen LogP contribution is 2.26. The molecule has 136 valence electrons. The summed E-state index contributed by atoms with van der Waals surface area (Å²) in [6, 6.07) is 22.0. The average Bonchev–Trinajstić information content (AvgIpc) is 3.16. The molecule has 3 aromatic carbocycles. The maximum absolute atomic E-state index is 13.1. The van der Waals surface area contributed by atoms with Crippen LogP contribution in [-0.2, 0) is 0 Å². The molecule has 6 nitrogen and oxygen atoms in total. The summed E-state index contributed by atoms with van der Waals surface area (Å²) in [5, 5.41) is 10.9. The van der Waals surface area contributed by atoms with Crippen LogP contribution in [0, 0.1) is 10.1 Å². The third-order valence-corrected chi connectivity index (χ3v) is 4.22. The Morgan fingerprint density at radius 3 is 2.29 bits per heavy atom. The standard InChI is InChI=1S/C22H14N2O4/c25-21(16-6-2-1-3-7-16)18(14-15-10-12-17(13-11-15)24(26)27)22-23-19-8-4-5-9-20(19)28-22/h1-14H/b18-14-. The van der Waals surface area contributed by atoms with Gasteiger partial charge in [0, 0.05) is 17.7 Å². The third-order valence-electron chi connectivity index (χ3n) is 4.22. The molecule has 6 heteroatoms. The van der Waals surface area contributed by atoms with Crippen molar-refractivity contribution < 1.29 is 14.1 Å². The largest absolute Gasteiger partial charge is 0.436 e. The second kappa shape index (κ2) is 7.28. The second-order valence-corrected chi connectivity index (χ2v) is 6.09. The summed E-state index contributed by atoms with van der Waals surface area (Å²) in [5.41, 5.74) is 2.61. The minimum Gasteiger partial charge on any atom is -0.436 e. The first kappa shape index (κ1) is 17.4. The number of carbonyl (C=O) groups is 1. The van der Waals surface area contributed by atoms with Crippen LogP contribution in [0.2, 0.25) is 0 Å². The summed E-state index contributed by atoms with van der Waals surface area (Å²) in [5.74, 6) is -0.0427. The number of hydrogen-bond donors (Lipinski definition) is 0. The summed E-state index contributed by atoms with van der Waals surface area (Å²) >= 11 is 0. The van der Waals surface area contributed by atoms with Crippen LogP contribution in [0.5, 0.6) is 0 Å². The smallest absolute Gasteiger partial charge is 0.269 e. The number of benzene rings is 3. The summed E-state index contributed by atoms with van der Waals surface area (Å²) < 4.78 is 5.80. The zero-order valence-corrected chi connectivity index (χ0v) is 14.6. The number of rotatable bonds is 5. The van der Waals surface area contributed by atoms with E-state index in [4.69, 9.17) is 4.42 Å². The van der Waals surface area contributed by atoms with Crippen LogP contribution in [0.1, 0.15) is 21.8 Å². The number of allylic oxidation sites excluding steroid dienone is 1. The van der Waals surface area contributed by atoms with Gasteiger partial charge in [0.25, 0.3) is 5.69 Å². The fourth-order valence-electron chi connectivity index (χ4n) is 2.82. The molecule has 4 aromatic rings. The molecule has 4 rings (SSSR count). The number of para-hydroxylation sites is 2. The predicted octanol–water partition coefficient (Wildman–Crippen LogP) is 5.16. The molecular weight excluding hydrogens is 356 g/mol. The van der Waals surface area contributed by atoms with E-state index in [9.17, 15) is 14.9 Å². The minimum absolute atomic E-state index is 0.0186. The van der Waals surface area contributed by atoms with Gasteiger partial charge < -0.3 is 4.42 Å². The van der Waals surface area contributed by atoms with E-state index in [1.807, 2.05) is 18.2 Å². The molecule has 0 radical (unpaired) electrons. The van der Waals surface area contributed by atoms with Crippen molar-refractivity contribution in [2.75, 3.05) is 0 Å². The van der Waals surface area contributed by atoms with E-state index in [-0.39, 0.29) is 22.9 Å². The molecule has 0 atom stereocenters. The molecule has 0 aliphatic carbocycles. The van der Waals surface area contributed by atoms with Crippen molar-refractivity contribution >= 4 is 34.2 Å². The number of ketones is 1. The molecule has 0 unspecified atom stereocenters. The second-order valence-electron chi connectivity index (χ2n) is 6.09. The lowest BCUT2D eigenvalue weighted by molar-refractivity contribution is -0.384. The van der Waals surface area contributed by atoms with Gasteiger partial charge >= 0.3 is 0 Å². The average molecular weight is 370 g/mol. The number of non-ortho nitro benzene ring substituents is 1. The normalized spacial score (nSPS) is 11.5. The lowest BCUT2D eigenvalue weighted by atomic mass is 10.0. The van der Waals surface area contributed by atoms with Gasteiger partial charge in [-0.15, -0.1) is 0 Å². The van der Waals surface area contributed by atoms with Crippen LogP contribution in [0.25, 0.3) is 22.7 Å². The molecule has 0 fully saturated rings. The summed E-state index contributed by atoms with van der Waals surface area (Å²) in [6.45, 7) is 0. The number of fused-ring (bicyclic) bond motifs is 1. The Morgan fingerprint density at radius 1 is 0.929 bits per heavy atom. The molecule has 0 aliphatic heterocycles. The van der Waals surface area contributed by atoms with Gasteiger partial charge in [0.15, 0.2) is 11.4 Å². The van der Waals surface area contributed by atoms with Crippen molar-refractivity contribution in [3.63, 3.8) is 0 Å². The van der Waals surface area contributed by atoms with E-state index < -0.39 is 4.92 Å². The molecule has 0 bridgehead atoms. The molecule has 1 aromatic heterocycles. The number of oxazole rings is 1. The van der Waals surface area contributed by atoms with Gasteiger partial charge in [0.2, 0.25) is 5.89 Å². The molecule has 28 heavy (non-hydrogen) atoms. The lowest BCUT2D eigenvalue weighted by Gasteiger charge is -2.04. The van der Waals surface area contributed by atoms with Crippen molar-refractivity contribution in [2.45, 2.75) is 0 Å².